The molecule has 0 bridgehead atoms. The van der Waals surface area contributed by atoms with Crippen molar-refractivity contribution in [3.63, 3.8) is 0 Å². The number of alkyl halides is 3. The number of fused-ring (bicyclic) bond motifs is 1. The van der Waals surface area contributed by atoms with E-state index in [9.17, 15) is 28.0 Å². The molecule has 0 spiro atoms. The van der Waals surface area contributed by atoms with Gasteiger partial charge in [0.15, 0.2) is 0 Å². The van der Waals surface area contributed by atoms with E-state index in [0.717, 1.165) is 55.8 Å². The van der Waals surface area contributed by atoms with Gasteiger partial charge in [-0.25, -0.2) is 4.98 Å². The van der Waals surface area contributed by atoms with Gasteiger partial charge in [-0.1, -0.05) is 30.3 Å². The average Bonchev–Trinajstić information content (AvgIpc) is 3.38. The van der Waals surface area contributed by atoms with E-state index in [1.165, 1.54) is 12.1 Å². The molecule has 200 valence electrons. The molecule has 0 atom stereocenters. The van der Waals surface area contributed by atoms with Gasteiger partial charge in [0.2, 0.25) is 5.95 Å². The Bertz CT molecular complexity index is 1610. The van der Waals surface area contributed by atoms with Crippen LogP contribution in [0.4, 0.5) is 19.1 Å². The van der Waals surface area contributed by atoms with Crippen LogP contribution in [0.25, 0.3) is 10.2 Å². The second-order valence-electron chi connectivity index (χ2n) is 9.32. The number of hydrogen-bond acceptors (Lipinski definition) is 6. The maximum absolute atomic E-state index is 13.7. The Kier molecular flexibility index (Phi) is 7.39. The second kappa shape index (κ2) is 10.9. The average molecular weight is 552 g/mol. The molecule has 4 aromatic rings. The number of piperidine rings is 1. The SMILES string of the molecule is N#Cc1ccccc1Cn1c(N2CCCCC2)nc2cc(C(=O)NCc3ccc(C(F)(F)F)cc3)sc2c1=O. The minimum absolute atomic E-state index is 0.0346. The molecule has 39 heavy (non-hydrogen) atoms. The topological polar surface area (TPSA) is 91.0 Å². The maximum atomic E-state index is 13.7. The number of benzene rings is 2. The van der Waals surface area contributed by atoms with Crippen molar-refractivity contribution in [3.8, 4) is 6.07 Å². The van der Waals surface area contributed by atoms with Crippen LogP contribution in [-0.4, -0.2) is 28.5 Å². The van der Waals surface area contributed by atoms with Crippen molar-refractivity contribution in [3.05, 3.63) is 92.1 Å². The third kappa shape index (κ3) is 5.66. The standard InChI is InChI=1S/C28H24F3N5O2S/c29-28(30,31)21-10-8-18(9-11-21)16-33-25(37)23-14-22-24(39-23)26(38)36(17-20-7-3-2-6-19(20)15-32)27(34-22)35-12-4-1-5-13-35/h2-3,6-11,14H,1,4-5,12-13,16-17H2,(H,33,37). The van der Waals surface area contributed by atoms with Gasteiger partial charge < -0.3 is 10.2 Å². The molecule has 2 aromatic carbocycles. The number of carbonyl (C=O) groups excluding carboxylic acids is 1. The molecule has 3 heterocycles. The van der Waals surface area contributed by atoms with Crippen LogP contribution in [0.5, 0.6) is 0 Å². The van der Waals surface area contributed by atoms with Crippen molar-refractivity contribution in [2.24, 2.45) is 0 Å². The van der Waals surface area contributed by atoms with Gasteiger partial charge in [-0.2, -0.15) is 18.4 Å². The van der Waals surface area contributed by atoms with E-state index in [0.29, 0.717) is 32.9 Å². The van der Waals surface area contributed by atoms with Gasteiger partial charge in [0.1, 0.15) is 4.70 Å². The van der Waals surface area contributed by atoms with Crippen LogP contribution in [0.15, 0.2) is 59.4 Å². The van der Waals surface area contributed by atoms with Gasteiger partial charge in [-0.15, -0.1) is 11.3 Å². The fourth-order valence-electron chi connectivity index (χ4n) is 4.61. The Hall–Kier alpha value is -4.17. The summed E-state index contributed by atoms with van der Waals surface area (Å²) in [4.78, 5) is 33.8. The molecule has 11 heteroatoms. The summed E-state index contributed by atoms with van der Waals surface area (Å²) < 4.78 is 40.3. The van der Waals surface area contributed by atoms with E-state index in [4.69, 9.17) is 4.98 Å². The largest absolute Gasteiger partial charge is 0.416 e. The molecule has 7 nitrogen and oxygen atoms in total. The lowest BCUT2D eigenvalue weighted by molar-refractivity contribution is -0.137. The second-order valence-corrected chi connectivity index (χ2v) is 10.4. The van der Waals surface area contributed by atoms with Gasteiger partial charge in [-0.3, -0.25) is 14.2 Å². The molecule has 1 saturated heterocycles. The number of anilines is 1. The van der Waals surface area contributed by atoms with E-state index in [-0.39, 0.29) is 23.5 Å². The van der Waals surface area contributed by atoms with Gasteiger partial charge in [0, 0.05) is 19.6 Å². The summed E-state index contributed by atoms with van der Waals surface area (Å²) in [6.07, 6.45) is -1.38. The zero-order valence-corrected chi connectivity index (χ0v) is 21.6. The lowest BCUT2D eigenvalue weighted by atomic mass is 10.1. The number of rotatable bonds is 6. The van der Waals surface area contributed by atoms with Gasteiger partial charge >= 0.3 is 6.18 Å². The summed E-state index contributed by atoms with van der Waals surface area (Å²) in [5.41, 5.74) is 1.05. The number of carbonyl (C=O) groups is 1. The summed E-state index contributed by atoms with van der Waals surface area (Å²) >= 11 is 1.02. The van der Waals surface area contributed by atoms with Gasteiger partial charge in [-0.05, 0) is 54.7 Å². The number of amides is 1. The first-order valence-electron chi connectivity index (χ1n) is 12.5. The smallest absolute Gasteiger partial charge is 0.347 e. The van der Waals surface area contributed by atoms with Crippen molar-refractivity contribution < 1.29 is 18.0 Å². The van der Waals surface area contributed by atoms with Crippen molar-refractivity contribution >= 4 is 33.4 Å². The molecule has 0 unspecified atom stereocenters. The zero-order valence-electron chi connectivity index (χ0n) is 20.8. The maximum Gasteiger partial charge on any atom is 0.416 e. The molecule has 1 aliphatic rings. The number of aromatic nitrogens is 2. The monoisotopic (exact) mass is 551 g/mol. The predicted octanol–water partition coefficient (Wildman–Crippen LogP) is 5.32. The highest BCUT2D eigenvalue weighted by atomic mass is 32.1. The Morgan fingerprint density at radius 1 is 1.08 bits per heavy atom. The van der Waals surface area contributed by atoms with Crippen molar-refractivity contribution in [1.29, 1.82) is 5.26 Å². The number of thiophene rings is 1. The molecule has 1 aliphatic heterocycles. The molecule has 0 aliphatic carbocycles. The number of nitrogens with one attached hydrogen (secondary N) is 1. The number of halogens is 3. The van der Waals surface area contributed by atoms with Crippen LogP contribution in [0, 0.1) is 11.3 Å². The van der Waals surface area contributed by atoms with Crippen molar-refractivity contribution in [2.75, 3.05) is 18.0 Å². The quantitative estimate of drug-likeness (QED) is 0.351. The Balaban J connectivity index is 1.45. The van der Waals surface area contributed by atoms with Crippen LogP contribution in [0.2, 0.25) is 0 Å². The van der Waals surface area contributed by atoms with E-state index < -0.39 is 17.6 Å². The summed E-state index contributed by atoms with van der Waals surface area (Å²) in [6.45, 7) is 1.71. The molecule has 2 aromatic heterocycles. The van der Waals surface area contributed by atoms with E-state index in [1.54, 1.807) is 22.8 Å². The normalized spacial score (nSPS) is 13.8. The van der Waals surface area contributed by atoms with Crippen molar-refractivity contribution in [2.45, 2.75) is 38.5 Å². The molecule has 1 fully saturated rings. The third-order valence-electron chi connectivity index (χ3n) is 6.68. The highest BCUT2D eigenvalue weighted by Crippen LogP contribution is 2.29. The number of nitrogens with zero attached hydrogens (tertiary/aromatic N) is 4. The fourth-order valence-corrected chi connectivity index (χ4v) is 5.57. The number of nitriles is 1. The molecular formula is C28H24F3N5O2S. The lowest BCUT2D eigenvalue weighted by Gasteiger charge is -2.29. The fraction of sp³-hybridized carbons (Fsp3) is 0.286. The summed E-state index contributed by atoms with van der Waals surface area (Å²) in [6, 6.07) is 15.4. The minimum atomic E-state index is -4.43. The number of hydrogen-bond donors (Lipinski definition) is 1. The summed E-state index contributed by atoms with van der Waals surface area (Å²) in [7, 11) is 0. The molecule has 0 radical (unpaired) electrons. The first kappa shape index (κ1) is 26.4. The highest BCUT2D eigenvalue weighted by molar-refractivity contribution is 7.20. The third-order valence-corrected chi connectivity index (χ3v) is 7.79. The van der Waals surface area contributed by atoms with Crippen LogP contribution in [-0.2, 0) is 19.3 Å². The van der Waals surface area contributed by atoms with E-state index >= 15 is 0 Å². The van der Waals surface area contributed by atoms with Gasteiger partial charge in [0.25, 0.3) is 11.5 Å². The molecule has 0 saturated carbocycles. The minimum Gasteiger partial charge on any atom is -0.347 e. The first-order chi connectivity index (χ1) is 18.7. The van der Waals surface area contributed by atoms with Crippen molar-refractivity contribution in [1.82, 2.24) is 14.9 Å². The molecular weight excluding hydrogens is 527 g/mol. The van der Waals surface area contributed by atoms with E-state index in [2.05, 4.69) is 16.3 Å². The zero-order chi connectivity index (χ0) is 27.6. The Morgan fingerprint density at radius 2 is 1.79 bits per heavy atom. The molecule has 5 rings (SSSR count). The van der Waals surface area contributed by atoms with Crippen LogP contribution in [0.1, 0.15) is 51.2 Å². The summed E-state index contributed by atoms with van der Waals surface area (Å²) in [5.74, 6) is 0.0626. The Morgan fingerprint density at radius 3 is 2.49 bits per heavy atom. The summed E-state index contributed by atoms with van der Waals surface area (Å²) in [5, 5.41) is 12.3. The van der Waals surface area contributed by atoms with Crippen LogP contribution < -0.4 is 15.8 Å². The Labute approximate surface area is 226 Å². The van der Waals surface area contributed by atoms with E-state index in [1.807, 2.05) is 12.1 Å². The highest BCUT2D eigenvalue weighted by Gasteiger charge is 2.30. The predicted molar refractivity (Wildman–Crippen MR) is 143 cm³/mol. The lowest BCUT2D eigenvalue weighted by Crippen LogP contribution is -2.36. The first-order valence-corrected chi connectivity index (χ1v) is 13.3. The molecule has 1 N–H and O–H groups in total. The van der Waals surface area contributed by atoms with Crippen LogP contribution in [0.3, 0.4) is 0 Å². The van der Waals surface area contributed by atoms with Gasteiger partial charge in [0.05, 0.1) is 34.1 Å². The van der Waals surface area contributed by atoms with Crippen LogP contribution >= 0.6 is 11.3 Å². The molecule has 1 amide bonds.